The SMILES string of the molecule is CC.CC.CC(=O)[O-].CN1CCCC2CCCCC21.Cc1ccc([S+](c2ccc(C)cc2)c2ccc(C)cc2)cc1.c1ccc([I-]c2ccccc2)cc1. The average Bonchev–Trinajstić information content (AvgIpc) is 3.20. The summed E-state index contributed by atoms with van der Waals surface area (Å²) in [4.78, 5) is 15.6. The van der Waals surface area contributed by atoms with Crippen LogP contribution in [0.5, 0.6) is 0 Å². The van der Waals surface area contributed by atoms with Crippen molar-refractivity contribution in [1.29, 1.82) is 0 Å². The Morgan fingerprint density at radius 1 is 0.574 bits per heavy atom. The van der Waals surface area contributed by atoms with Crippen molar-refractivity contribution >= 4 is 16.9 Å². The molecule has 0 spiro atoms. The summed E-state index contributed by atoms with van der Waals surface area (Å²) >= 11 is 0.0287. The summed E-state index contributed by atoms with van der Waals surface area (Å²) < 4.78 is 2.96. The first-order valence-electron chi connectivity index (χ1n) is 19.8. The van der Waals surface area contributed by atoms with Gasteiger partial charge in [0.1, 0.15) is 0 Å². The van der Waals surface area contributed by atoms with Crippen LogP contribution in [0.15, 0.2) is 148 Å². The molecule has 2 unspecified atom stereocenters. The van der Waals surface area contributed by atoms with Gasteiger partial charge < -0.3 is 14.8 Å². The van der Waals surface area contributed by atoms with Gasteiger partial charge in [0.25, 0.3) is 0 Å². The van der Waals surface area contributed by atoms with Gasteiger partial charge in [-0.2, -0.15) is 0 Å². The van der Waals surface area contributed by atoms with E-state index in [1.807, 2.05) is 27.7 Å². The van der Waals surface area contributed by atoms with Gasteiger partial charge in [0.15, 0.2) is 14.7 Å². The van der Waals surface area contributed by atoms with Crippen molar-refractivity contribution in [2.75, 3.05) is 13.6 Å². The van der Waals surface area contributed by atoms with Crippen LogP contribution in [0.25, 0.3) is 0 Å². The number of hydrogen-bond acceptors (Lipinski definition) is 3. The van der Waals surface area contributed by atoms with E-state index in [4.69, 9.17) is 9.90 Å². The maximum atomic E-state index is 8.89. The average molecular weight is 859 g/mol. The zero-order chi connectivity index (χ0) is 39.7. The van der Waals surface area contributed by atoms with Gasteiger partial charge >= 0.3 is 89.0 Å². The first-order chi connectivity index (χ1) is 26.2. The standard InChI is InChI=1S/C21H21S.C12H10I.C10H19N.C2H4O2.2C2H6/c1-16-4-10-19(11-5-16)22(20-12-6-17(2)7-13-20)21-14-8-18(3)9-15-21;1-3-7-11(8-4-1)13-12-9-5-2-6-10-12;1-11-8-4-6-9-5-2-3-7-10(9)11;1-2(3)4;2*1-2/h4-15H,1-3H3;1-10H;9-10H,2-8H2,1H3;1H3,(H,3,4);2*1-2H3/q+1;-1;;;;/p-1. The molecule has 5 aromatic carbocycles. The van der Waals surface area contributed by atoms with Crippen molar-refractivity contribution in [3.8, 4) is 0 Å². The summed E-state index contributed by atoms with van der Waals surface area (Å²) in [5.74, 6) is -0.0255. The van der Waals surface area contributed by atoms with Crippen molar-refractivity contribution in [2.45, 2.75) is 115 Å². The van der Waals surface area contributed by atoms with Crippen LogP contribution in [0.2, 0.25) is 0 Å². The van der Waals surface area contributed by atoms with Crippen molar-refractivity contribution in [3.05, 3.63) is 157 Å². The van der Waals surface area contributed by atoms with E-state index in [1.54, 1.807) is 0 Å². The fourth-order valence-electron chi connectivity index (χ4n) is 6.39. The fourth-order valence-corrected chi connectivity index (χ4v) is 10.7. The normalized spacial score (nSPS) is 15.7. The van der Waals surface area contributed by atoms with Gasteiger partial charge in [-0.1, -0.05) is 93.6 Å². The minimum absolute atomic E-state index is 0.0287. The van der Waals surface area contributed by atoms with Gasteiger partial charge in [-0.25, -0.2) is 0 Å². The predicted molar refractivity (Wildman–Crippen MR) is 227 cm³/mol. The van der Waals surface area contributed by atoms with Crippen molar-refractivity contribution in [1.82, 2.24) is 4.90 Å². The third-order valence-corrected chi connectivity index (χ3v) is 13.9. The molecular formula is C49H65INO2S-. The number of carbonyl (C=O) groups is 1. The second-order valence-corrected chi connectivity index (χ2v) is 18.2. The Hall–Kier alpha value is -3.39. The van der Waals surface area contributed by atoms with Crippen LogP contribution in [-0.2, 0) is 15.7 Å². The van der Waals surface area contributed by atoms with Gasteiger partial charge in [-0.3, -0.25) is 0 Å². The van der Waals surface area contributed by atoms with E-state index >= 15 is 0 Å². The number of aryl methyl sites for hydroxylation is 3. The number of fused-ring (bicyclic) bond motifs is 1. The maximum absolute atomic E-state index is 8.89. The molecule has 54 heavy (non-hydrogen) atoms. The quantitative estimate of drug-likeness (QED) is 0.132. The van der Waals surface area contributed by atoms with Crippen LogP contribution in [0.3, 0.4) is 0 Å². The molecule has 0 amide bonds. The fraction of sp³-hybridized carbons (Fsp3) is 0.367. The van der Waals surface area contributed by atoms with Crippen molar-refractivity contribution < 1.29 is 31.1 Å². The molecular weight excluding hydrogens is 794 g/mol. The topological polar surface area (TPSA) is 43.4 Å². The van der Waals surface area contributed by atoms with Crippen molar-refractivity contribution in [3.63, 3.8) is 0 Å². The Labute approximate surface area is 342 Å². The van der Waals surface area contributed by atoms with E-state index in [0.29, 0.717) is 0 Å². The van der Waals surface area contributed by atoms with Gasteiger partial charge in [0.05, 0.1) is 10.9 Å². The number of rotatable bonds is 5. The number of likely N-dealkylation sites (tertiary alicyclic amines) is 1. The molecule has 1 saturated carbocycles. The first-order valence-corrected chi connectivity index (χ1v) is 23.1. The molecule has 5 heteroatoms. The number of benzene rings is 5. The first kappa shape index (κ1) is 46.8. The van der Waals surface area contributed by atoms with Crippen LogP contribution in [0, 0.1) is 33.8 Å². The molecule has 7 rings (SSSR count). The molecule has 0 aromatic heterocycles. The summed E-state index contributed by atoms with van der Waals surface area (Å²) in [6, 6.07) is 49.2. The number of nitrogens with zero attached hydrogens (tertiary/aromatic N) is 1. The van der Waals surface area contributed by atoms with E-state index in [-0.39, 0.29) is 32.1 Å². The van der Waals surface area contributed by atoms with Gasteiger partial charge in [0.2, 0.25) is 0 Å². The zero-order valence-corrected chi connectivity index (χ0v) is 37.3. The van der Waals surface area contributed by atoms with Gasteiger partial charge in [-0.15, -0.1) is 0 Å². The van der Waals surface area contributed by atoms with Crippen LogP contribution in [-0.4, -0.2) is 30.5 Å². The second kappa shape index (κ2) is 27.2. The number of piperidine rings is 1. The monoisotopic (exact) mass is 858 g/mol. The van der Waals surface area contributed by atoms with Gasteiger partial charge in [-0.05, 0) is 109 Å². The van der Waals surface area contributed by atoms with Crippen LogP contribution in [0.1, 0.15) is 89.8 Å². The van der Waals surface area contributed by atoms with E-state index in [0.717, 1.165) is 18.9 Å². The summed E-state index contributed by atoms with van der Waals surface area (Å²) in [6.07, 6.45) is 8.91. The predicted octanol–water partition coefficient (Wildman–Crippen LogP) is 8.60. The molecule has 2 aliphatic rings. The Kier molecular flexibility index (Phi) is 23.6. The van der Waals surface area contributed by atoms with E-state index in [9.17, 15) is 0 Å². The van der Waals surface area contributed by atoms with Gasteiger partial charge in [0, 0.05) is 12.0 Å². The number of halogens is 1. The molecule has 1 aliphatic heterocycles. The molecule has 1 aliphatic carbocycles. The van der Waals surface area contributed by atoms with Crippen LogP contribution >= 0.6 is 0 Å². The summed E-state index contributed by atoms with van der Waals surface area (Å²) in [7, 11) is 2.27. The molecule has 2 fully saturated rings. The van der Waals surface area contributed by atoms with E-state index in [2.05, 4.69) is 166 Å². The van der Waals surface area contributed by atoms with Crippen molar-refractivity contribution in [2.24, 2.45) is 5.92 Å². The van der Waals surface area contributed by atoms with E-state index < -0.39 is 5.97 Å². The number of carbonyl (C=O) groups excluding carboxylic acids is 1. The summed E-state index contributed by atoms with van der Waals surface area (Å²) in [6.45, 7) is 16.7. The Morgan fingerprint density at radius 2 is 0.907 bits per heavy atom. The Morgan fingerprint density at radius 3 is 1.26 bits per heavy atom. The minimum atomic E-state index is -1.08. The number of aliphatic carboxylic acids is 1. The third-order valence-electron chi connectivity index (χ3n) is 8.98. The molecule has 5 aromatic rings. The van der Waals surface area contributed by atoms with Crippen LogP contribution < -0.4 is 26.3 Å². The molecule has 0 radical (unpaired) electrons. The number of hydrogen-bond donors (Lipinski definition) is 0. The molecule has 3 nitrogen and oxygen atoms in total. The third kappa shape index (κ3) is 17.4. The Bertz CT molecular complexity index is 1530. The summed E-state index contributed by atoms with van der Waals surface area (Å²) in [5, 5.41) is 8.89. The molecule has 2 atom stereocenters. The summed E-state index contributed by atoms with van der Waals surface area (Å²) in [5.41, 5.74) is 3.92. The second-order valence-electron chi connectivity index (χ2n) is 13.2. The van der Waals surface area contributed by atoms with E-state index in [1.165, 1.54) is 83.6 Å². The zero-order valence-electron chi connectivity index (χ0n) is 34.4. The molecule has 1 saturated heterocycles. The molecule has 0 bridgehead atoms. The molecule has 1 heterocycles. The molecule has 292 valence electrons. The van der Waals surface area contributed by atoms with Crippen LogP contribution in [0.4, 0.5) is 0 Å². The Balaban J connectivity index is 0.000000269. The molecule has 0 N–H and O–H groups in total. The number of carboxylic acids is 1. The number of carboxylic acid groups (broad SMARTS) is 1.